The Kier molecular flexibility index (Phi) is 4.66. The van der Waals surface area contributed by atoms with Gasteiger partial charge in [-0.3, -0.25) is 4.79 Å². The monoisotopic (exact) mass is 286 g/mol. The molecule has 0 fully saturated rings. The van der Waals surface area contributed by atoms with Crippen LogP contribution in [0.4, 0.5) is 4.39 Å². The number of methoxy groups -OCH3 is 1. The van der Waals surface area contributed by atoms with E-state index in [-0.39, 0.29) is 5.56 Å². The molecule has 0 atom stereocenters. The number of amides is 1. The first kappa shape index (κ1) is 14.7. The van der Waals surface area contributed by atoms with Crippen LogP contribution in [0.2, 0.25) is 0 Å². The molecule has 1 N–H and O–H groups in total. The summed E-state index contributed by atoms with van der Waals surface area (Å²) < 4.78 is 18.5. The first-order chi connectivity index (χ1) is 10.1. The van der Waals surface area contributed by atoms with Crippen LogP contribution in [0.3, 0.4) is 0 Å². The van der Waals surface area contributed by atoms with E-state index in [0.717, 1.165) is 11.3 Å². The SMILES string of the molecule is COc1ccc(C(C)=NNC(=O)c2ccccc2F)cc1. The van der Waals surface area contributed by atoms with Gasteiger partial charge in [0.1, 0.15) is 11.6 Å². The highest BCUT2D eigenvalue weighted by Crippen LogP contribution is 2.12. The van der Waals surface area contributed by atoms with Gasteiger partial charge < -0.3 is 4.74 Å². The second-order valence-corrected chi connectivity index (χ2v) is 4.35. The Morgan fingerprint density at radius 2 is 1.81 bits per heavy atom. The molecule has 108 valence electrons. The standard InChI is InChI=1S/C16H15FN2O2/c1-11(12-7-9-13(21-2)10-8-12)18-19-16(20)14-5-3-4-6-15(14)17/h3-10H,1-2H3,(H,19,20). The van der Waals surface area contributed by atoms with Crippen molar-refractivity contribution >= 4 is 11.6 Å². The first-order valence-electron chi connectivity index (χ1n) is 6.35. The smallest absolute Gasteiger partial charge is 0.274 e. The highest BCUT2D eigenvalue weighted by Gasteiger charge is 2.09. The number of ether oxygens (including phenoxy) is 1. The highest BCUT2D eigenvalue weighted by atomic mass is 19.1. The van der Waals surface area contributed by atoms with E-state index >= 15 is 0 Å². The summed E-state index contributed by atoms with van der Waals surface area (Å²) in [6.07, 6.45) is 0. The molecule has 2 aromatic carbocycles. The normalized spacial score (nSPS) is 11.1. The molecule has 0 spiro atoms. The molecule has 0 aromatic heterocycles. The van der Waals surface area contributed by atoms with Gasteiger partial charge in [0.2, 0.25) is 0 Å². The fourth-order valence-electron chi connectivity index (χ4n) is 1.74. The summed E-state index contributed by atoms with van der Waals surface area (Å²) in [6, 6.07) is 13.0. The first-order valence-corrected chi connectivity index (χ1v) is 6.35. The van der Waals surface area contributed by atoms with Crippen LogP contribution in [-0.2, 0) is 0 Å². The molecule has 0 radical (unpaired) electrons. The number of carbonyl (C=O) groups is 1. The average Bonchev–Trinajstić information content (AvgIpc) is 2.52. The van der Waals surface area contributed by atoms with Crippen LogP contribution in [-0.4, -0.2) is 18.7 Å². The van der Waals surface area contributed by atoms with Crippen LogP contribution in [0.1, 0.15) is 22.8 Å². The summed E-state index contributed by atoms with van der Waals surface area (Å²) in [6.45, 7) is 1.75. The maximum atomic E-state index is 13.4. The third-order valence-corrected chi connectivity index (χ3v) is 2.95. The predicted molar refractivity (Wildman–Crippen MR) is 79.1 cm³/mol. The van der Waals surface area contributed by atoms with Crippen molar-refractivity contribution in [2.24, 2.45) is 5.10 Å². The molecule has 0 unspecified atom stereocenters. The lowest BCUT2D eigenvalue weighted by Gasteiger charge is -2.05. The molecular formula is C16H15FN2O2. The topological polar surface area (TPSA) is 50.7 Å². The van der Waals surface area contributed by atoms with Crippen molar-refractivity contribution in [2.75, 3.05) is 7.11 Å². The van der Waals surface area contributed by atoms with Gasteiger partial charge in [-0.15, -0.1) is 0 Å². The second-order valence-electron chi connectivity index (χ2n) is 4.35. The lowest BCUT2D eigenvalue weighted by atomic mass is 10.1. The van der Waals surface area contributed by atoms with E-state index in [9.17, 15) is 9.18 Å². The van der Waals surface area contributed by atoms with Crippen LogP contribution in [0.15, 0.2) is 53.6 Å². The molecule has 0 aliphatic heterocycles. The van der Waals surface area contributed by atoms with E-state index in [2.05, 4.69) is 10.5 Å². The minimum absolute atomic E-state index is 0.0382. The fraction of sp³-hybridized carbons (Fsp3) is 0.125. The van der Waals surface area contributed by atoms with Gasteiger partial charge in [0, 0.05) is 0 Å². The molecule has 2 rings (SSSR count). The summed E-state index contributed by atoms with van der Waals surface area (Å²) in [4.78, 5) is 11.8. The molecule has 4 nitrogen and oxygen atoms in total. The molecule has 2 aromatic rings. The molecule has 0 bridgehead atoms. The summed E-state index contributed by atoms with van der Waals surface area (Å²) in [5, 5.41) is 3.98. The number of halogens is 1. The third-order valence-electron chi connectivity index (χ3n) is 2.95. The van der Waals surface area contributed by atoms with Gasteiger partial charge in [-0.05, 0) is 48.9 Å². The summed E-state index contributed by atoms with van der Waals surface area (Å²) in [5.74, 6) is -0.421. The van der Waals surface area contributed by atoms with Crippen molar-refractivity contribution in [3.8, 4) is 5.75 Å². The van der Waals surface area contributed by atoms with E-state index in [1.54, 1.807) is 32.2 Å². The Labute approximate surface area is 122 Å². The van der Waals surface area contributed by atoms with E-state index in [4.69, 9.17) is 4.74 Å². The molecular weight excluding hydrogens is 271 g/mol. The Bertz CT molecular complexity index is 666. The Balaban J connectivity index is 2.09. The quantitative estimate of drug-likeness (QED) is 0.694. The molecule has 5 heteroatoms. The van der Waals surface area contributed by atoms with E-state index in [1.807, 2.05) is 12.1 Å². The van der Waals surface area contributed by atoms with Gasteiger partial charge in [0.25, 0.3) is 5.91 Å². The summed E-state index contributed by atoms with van der Waals surface area (Å²) >= 11 is 0. The minimum atomic E-state index is -0.582. The number of nitrogens with one attached hydrogen (secondary N) is 1. The van der Waals surface area contributed by atoms with Crippen LogP contribution in [0.25, 0.3) is 0 Å². The van der Waals surface area contributed by atoms with Crippen LogP contribution in [0.5, 0.6) is 5.75 Å². The Morgan fingerprint density at radius 3 is 2.43 bits per heavy atom. The van der Waals surface area contributed by atoms with Crippen molar-refractivity contribution in [2.45, 2.75) is 6.92 Å². The van der Waals surface area contributed by atoms with Crippen molar-refractivity contribution < 1.29 is 13.9 Å². The number of hydrazone groups is 1. The number of rotatable bonds is 4. The zero-order valence-corrected chi connectivity index (χ0v) is 11.8. The number of hydrogen-bond donors (Lipinski definition) is 1. The minimum Gasteiger partial charge on any atom is -0.497 e. The maximum absolute atomic E-state index is 13.4. The number of benzene rings is 2. The van der Waals surface area contributed by atoms with Gasteiger partial charge in [0.05, 0.1) is 18.4 Å². The van der Waals surface area contributed by atoms with E-state index < -0.39 is 11.7 Å². The number of nitrogens with zero attached hydrogens (tertiary/aromatic N) is 1. The molecule has 0 saturated carbocycles. The fourth-order valence-corrected chi connectivity index (χ4v) is 1.74. The predicted octanol–water partition coefficient (Wildman–Crippen LogP) is 2.99. The molecule has 21 heavy (non-hydrogen) atoms. The highest BCUT2D eigenvalue weighted by molar-refractivity contribution is 6.00. The molecule has 0 heterocycles. The Hall–Kier alpha value is -2.69. The summed E-state index contributed by atoms with van der Waals surface area (Å²) in [7, 11) is 1.59. The van der Waals surface area contributed by atoms with Gasteiger partial charge in [-0.25, -0.2) is 9.82 Å². The van der Waals surface area contributed by atoms with Crippen molar-refractivity contribution in [1.82, 2.24) is 5.43 Å². The summed E-state index contributed by atoms with van der Waals surface area (Å²) in [5.41, 5.74) is 3.76. The Morgan fingerprint density at radius 1 is 1.14 bits per heavy atom. The third kappa shape index (κ3) is 3.66. The maximum Gasteiger partial charge on any atom is 0.274 e. The lowest BCUT2D eigenvalue weighted by Crippen LogP contribution is -2.20. The van der Waals surface area contributed by atoms with Gasteiger partial charge in [-0.2, -0.15) is 5.10 Å². The average molecular weight is 286 g/mol. The van der Waals surface area contributed by atoms with E-state index in [0.29, 0.717) is 5.71 Å². The van der Waals surface area contributed by atoms with Crippen molar-refractivity contribution in [3.05, 3.63) is 65.5 Å². The molecule has 1 amide bonds. The number of carbonyl (C=O) groups excluding carboxylic acids is 1. The van der Waals surface area contributed by atoms with Gasteiger partial charge in [0.15, 0.2) is 0 Å². The second kappa shape index (κ2) is 6.65. The molecule has 0 saturated heterocycles. The molecule has 0 aliphatic carbocycles. The lowest BCUT2D eigenvalue weighted by molar-refractivity contribution is 0.0951. The van der Waals surface area contributed by atoms with Gasteiger partial charge >= 0.3 is 0 Å². The van der Waals surface area contributed by atoms with E-state index in [1.165, 1.54) is 18.2 Å². The van der Waals surface area contributed by atoms with Crippen LogP contribution < -0.4 is 10.2 Å². The van der Waals surface area contributed by atoms with Gasteiger partial charge in [-0.1, -0.05) is 12.1 Å². The van der Waals surface area contributed by atoms with Crippen molar-refractivity contribution in [3.63, 3.8) is 0 Å². The zero-order chi connectivity index (χ0) is 15.2. The molecule has 0 aliphatic rings. The van der Waals surface area contributed by atoms with Crippen LogP contribution in [0, 0.1) is 5.82 Å². The number of hydrogen-bond acceptors (Lipinski definition) is 3. The largest absolute Gasteiger partial charge is 0.497 e. The zero-order valence-electron chi connectivity index (χ0n) is 11.8. The van der Waals surface area contributed by atoms with Crippen molar-refractivity contribution in [1.29, 1.82) is 0 Å². The van der Waals surface area contributed by atoms with Crippen LogP contribution >= 0.6 is 0 Å².